The van der Waals surface area contributed by atoms with E-state index in [4.69, 9.17) is 5.11 Å². The molecule has 3 rings (SSSR count). The molecule has 0 aliphatic rings. The number of carbonyl (C=O) groups is 1. The molecule has 0 saturated carbocycles. The van der Waals surface area contributed by atoms with E-state index < -0.39 is 5.97 Å². The Kier molecular flexibility index (Phi) is 3.54. The molecule has 0 spiro atoms. The lowest BCUT2D eigenvalue weighted by Crippen LogP contribution is -1.99. The lowest BCUT2D eigenvalue weighted by Gasteiger charge is -2.02. The summed E-state index contributed by atoms with van der Waals surface area (Å²) in [4.78, 5) is 15.7. The molecule has 0 radical (unpaired) electrons. The number of para-hydroxylation sites is 1. The minimum Gasteiger partial charge on any atom is -0.478 e. The van der Waals surface area contributed by atoms with Crippen LogP contribution in [-0.4, -0.2) is 16.1 Å². The van der Waals surface area contributed by atoms with Gasteiger partial charge in [0.15, 0.2) is 0 Å². The van der Waals surface area contributed by atoms with Crippen molar-refractivity contribution in [1.82, 2.24) is 4.98 Å². The molecule has 0 aliphatic carbocycles. The average molecular weight is 348 g/mol. The summed E-state index contributed by atoms with van der Waals surface area (Å²) < 4.78 is 1.75. The van der Waals surface area contributed by atoms with Crippen LogP contribution in [0.25, 0.3) is 10.2 Å². The van der Waals surface area contributed by atoms with Gasteiger partial charge < -0.3 is 5.11 Å². The maximum absolute atomic E-state index is 11.1. The summed E-state index contributed by atoms with van der Waals surface area (Å²) in [7, 11) is 0. The van der Waals surface area contributed by atoms with Crippen LogP contribution in [0.3, 0.4) is 0 Å². The standard InChI is InChI=1S/C15H10BrNO2S/c16-11-6-5-9(7-10(11)15(18)19)8-14-17-12-3-1-2-4-13(12)20-14/h1-7H,8H2,(H,18,19). The van der Waals surface area contributed by atoms with Crippen molar-refractivity contribution >= 4 is 43.5 Å². The van der Waals surface area contributed by atoms with E-state index in [1.165, 1.54) is 0 Å². The van der Waals surface area contributed by atoms with Crippen LogP contribution >= 0.6 is 27.3 Å². The molecule has 1 N–H and O–H groups in total. The van der Waals surface area contributed by atoms with E-state index in [1.54, 1.807) is 23.5 Å². The number of thiazole rings is 1. The van der Waals surface area contributed by atoms with Gasteiger partial charge in [0, 0.05) is 10.9 Å². The number of benzene rings is 2. The van der Waals surface area contributed by atoms with Crippen molar-refractivity contribution < 1.29 is 9.90 Å². The van der Waals surface area contributed by atoms with Crippen molar-refractivity contribution in [2.75, 3.05) is 0 Å². The van der Waals surface area contributed by atoms with Gasteiger partial charge in [0.1, 0.15) is 0 Å². The Morgan fingerprint density at radius 3 is 2.80 bits per heavy atom. The number of fused-ring (bicyclic) bond motifs is 1. The van der Waals surface area contributed by atoms with Crippen LogP contribution in [0, 0.1) is 0 Å². The van der Waals surface area contributed by atoms with Gasteiger partial charge in [-0.05, 0) is 45.8 Å². The monoisotopic (exact) mass is 347 g/mol. The van der Waals surface area contributed by atoms with E-state index in [0.29, 0.717) is 10.9 Å². The predicted octanol–water partition coefficient (Wildman–Crippen LogP) is 4.35. The van der Waals surface area contributed by atoms with Crippen LogP contribution in [0.2, 0.25) is 0 Å². The molecule has 0 saturated heterocycles. The SMILES string of the molecule is O=C(O)c1cc(Cc2nc3ccccc3s2)ccc1Br. The summed E-state index contributed by atoms with van der Waals surface area (Å²) >= 11 is 4.89. The quantitative estimate of drug-likeness (QED) is 0.766. The minimum absolute atomic E-state index is 0.281. The van der Waals surface area contributed by atoms with Crippen molar-refractivity contribution in [3.8, 4) is 0 Å². The van der Waals surface area contributed by atoms with E-state index in [-0.39, 0.29) is 5.56 Å². The average Bonchev–Trinajstić information content (AvgIpc) is 2.82. The molecule has 1 heterocycles. The van der Waals surface area contributed by atoms with E-state index in [1.807, 2.05) is 30.3 Å². The fraction of sp³-hybridized carbons (Fsp3) is 0.0667. The zero-order valence-corrected chi connectivity index (χ0v) is 12.7. The maximum Gasteiger partial charge on any atom is 0.336 e. The number of aromatic carboxylic acids is 1. The first-order chi connectivity index (χ1) is 9.63. The van der Waals surface area contributed by atoms with Crippen LogP contribution in [0.4, 0.5) is 0 Å². The van der Waals surface area contributed by atoms with Gasteiger partial charge in [-0.25, -0.2) is 9.78 Å². The first kappa shape index (κ1) is 13.3. The molecule has 1 aromatic heterocycles. The highest BCUT2D eigenvalue weighted by molar-refractivity contribution is 9.10. The molecule has 0 unspecified atom stereocenters. The van der Waals surface area contributed by atoms with E-state index in [2.05, 4.69) is 20.9 Å². The molecular weight excluding hydrogens is 338 g/mol. The van der Waals surface area contributed by atoms with Gasteiger partial charge in [0.2, 0.25) is 0 Å². The third-order valence-electron chi connectivity index (χ3n) is 2.95. The zero-order valence-electron chi connectivity index (χ0n) is 10.3. The number of rotatable bonds is 3. The minimum atomic E-state index is -0.928. The number of aromatic nitrogens is 1. The predicted molar refractivity (Wildman–Crippen MR) is 83.5 cm³/mol. The number of hydrogen-bond donors (Lipinski definition) is 1. The molecular formula is C15H10BrNO2S. The summed E-state index contributed by atoms with van der Waals surface area (Å²) in [6.45, 7) is 0. The van der Waals surface area contributed by atoms with Gasteiger partial charge in [0.05, 0.1) is 20.8 Å². The van der Waals surface area contributed by atoms with Gasteiger partial charge in [0.25, 0.3) is 0 Å². The highest BCUT2D eigenvalue weighted by Crippen LogP contribution is 2.25. The molecule has 0 atom stereocenters. The van der Waals surface area contributed by atoms with Crippen molar-refractivity contribution in [2.24, 2.45) is 0 Å². The van der Waals surface area contributed by atoms with Crippen LogP contribution in [0.15, 0.2) is 46.9 Å². The smallest absolute Gasteiger partial charge is 0.336 e. The highest BCUT2D eigenvalue weighted by atomic mass is 79.9. The van der Waals surface area contributed by atoms with Crippen LogP contribution in [0.1, 0.15) is 20.9 Å². The Morgan fingerprint density at radius 2 is 2.05 bits per heavy atom. The lowest BCUT2D eigenvalue weighted by atomic mass is 10.1. The second kappa shape index (κ2) is 5.34. The molecule has 5 heteroatoms. The van der Waals surface area contributed by atoms with Crippen LogP contribution in [0.5, 0.6) is 0 Å². The summed E-state index contributed by atoms with van der Waals surface area (Å²) in [6.07, 6.45) is 0.646. The van der Waals surface area contributed by atoms with Gasteiger partial charge >= 0.3 is 5.97 Å². The number of nitrogens with zero attached hydrogens (tertiary/aromatic N) is 1. The van der Waals surface area contributed by atoms with Gasteiger partial charge in [-0.2, -0.15) is 0 Å². The molecule has 0 fully saturated rings. The van der Waals surface area contributed by atoms with E-state index >= 15 is 0 Å². The maximum atomic E-state index is 11.1. The molecule has 0 amide bonds. The molecule has 2 aromatic carbocycles. The molecule has 100 valence electrons. The van der Waals surface area contributed by atoms with E-state index in [0.717, 1.165) is 20.8 Å². The first-order valence-corrected chi connectivity index (χ1v) is 7.60. The Balaban J connectivity index is 1.94. The lowest BCUT2D eigenvalue weighted by molar-refractivity contribution is 0.0696. The van der Waals surface area contributed by atoms with E-state index in [9.17, 15) is 4.79 Å². The molecule has 20 heavy (non-hydrogen) atoms. The number of halogens is 1. The second-order valence-corrected chi connectivity index (χ2v) is 6.34. The van der Waals surface area contributed by atoms with Crippen molar-refractivity contribution in [3.63, 3.8) is 0 Å². The van der Waals surface area contributed by atoms with Crippen molar-refractivity contribution in [3.05, 3.63) is 63.1 Å². The van der Waals surface area contributed by atoms with Gasteiger partial charge in [-0.1, -0.05) is 18.2 Å². The second-order valence-electron chi connectivity index (χ2n) is 4.37. The number of carboxylic acids is 1. The Morgan fingerprint density at radius 1 is 1.25 bits per heavy atom. The molecule has 3 nitrogen and oxygen atoms in total. The third-order valence-corrected chi connectivity index (χ3v) is 4.68. The summed E-state index contributed by atoms with van der Waals surface area (Å²) in [5.74, 6) is -0.928. The fourth-order valence-electron chi connectivity index (χ4n) is 2.02. The molecule has 0 bridgehead atoms. The number of hydrogen-bond acceptors (Lipinski definition) is 3. The Labute approximate surface area is 128 Å². The topological polar surface area (TPSA) is 50.2 Å². The zero-order chi connectivity index (χ0) is 14.1. The Bertz CT molecular complexity index is 764. The third kappa shape index (κ3) is 2.59. The van der Waals surface area contributed by atoms with Crippen molar-refractivity contribution in [2.45, 2.75) is 6.42 Å². The highest BCUT2D eigenvalue weighted by Gasteiger charge is 2.10. The van der Waals surface area contributed by atoms with Gasteiger partial charge in [-0.15, -0.1) is 11.3 Å². The molecule has 0 aliphatic heterocycles. The number of carboxylic acid groups (broad SMARTS) is 1. The first-order valence-electron chi connectivity index (χ1n) is 5.99. The van der Waals surface area contributed by atoms with Crippen LogP contribution < -0.4 is 0 Å². The fourth-order valence-corrected chi connectivity index (χ4v) is 3.43. The van der Waals surface area contributed by atoms with Crippen LogP contribution in [-0.2, 0) is 6.42 Å². The van der Waals surface area contributed by atoms with Gasteiger partial charge in [-0.3, -0.25) is 0 Å². The summed E-state index contributed by atoms with van der Waals surface area (Å²) in [5.41, 5.74) is 2.22. The summed E-state index contributed by atoms with van der Waals surface area (Å²) in [6, 6.07) is 13.4. The van der Waals surface area contributed by atoms with Crippen molar-refractivity contribution in [1.29, 1.82) is 0 Å². The summed E-state index contributed by atoms with van der Waals surface area (Å²) in [5, 5.41) is 10.1. The largest absolute Gasteiger partial charge is 0.478 e. The normalized spacial score (nSPS) is 10.8. The molecule has 3 aromatic rings. The Hall–Kier alpha value is -1.72.